The minimum absolute atomic E-state index is 0.0380. The number of benzene rings is 2. The Balaban J connectivity index is 1.35. The Morgan fingerprint density at radius 1 is 0.912 bits per heavy atom. The molecule has 1 atom stereocenters. The van der Waals surface area contributed by atoms with Crippen molar-refractivity contribution in [1.82, 2.24) is 30.0 Å². The summed E-state index contributed by atoms with van der Waals surface area (Å²) in [5.74, 6) is 0.886. The van der Waals surface area contributed by atoms with Crippen molar-refractivity contribution in [3.8, 4) is 5.69 Å². The van der Waals surface area contributed by atoms with Crippen molar-refractivity contribution >= 4 is 17.4 Å². The van der Waals surface area contributed by atoms with Crippen molar-refractivity contribution in [2.24, 2.45) is 0 Å². The third-order valence-corrected chi connectivity index (χ3v) is 7.37. The Morgan fingerprint density at radius 3 is 2.38 bits per heavy atom. The maximum atomic E-state index is 4.55. The number of nitrogens with zero attached hydrogens (tertiary/aromatic N) is 6. The van der Waals surface area contributed by atoms with Gasteiger partial charge in [0.15, 0.2) is 5.82 Å². The van der Waals surface area contributed by atoms with E-state index in [1.807, 2.05) is 4.68 Å². The molecular formula is C27H30N6S. The summed E-state index contributed by atoms with van der Waals surface area (Å²) in [6.45, 7) is 9.19. The third kappa shape index (κ3) is 4.87. The number of hydrogen-bond donors (Lipinski definition) is 0. The molecule has 2 aromatic carbocycles. The minimum Gasteiger partial charge on any atom is -0.297 e. The van der Waals surface area contributed by atoms with Gasteiger partial charge in [-0.05, 0) is 52.4 Å². The Labute approximate surface area is 205 Å². The van der Waals surface area contributed by atoms with Crippen molar-refractivity contribution in [2.45, 2.75) is 19.9 Å². The van der Waals surface area contributed by atoms with Gasteiger partial charge in [0.2, 0.25) is 0 Å². The highest BCUT2D eigenvalue weighted by Gasteiger charge is 2.32. The van der Waals surface area contributed by atoms with Crippen LogP contribution in [0, 0.1) is 13.8 Å². The van der Waals surface area contributed by atoms with Gasteiger partial charge in [0.1, 0.15) is 6.04 Å². The minimum atomic E-state index is 0.0380. The molecule has 0 N–H and O–H groups in total. The second kappa shape index (κ2) is 10.4. The van der Waals surface area contributed by atoms with E-state index in [0.29, 0.717) is 0 Å². The normalized spacial score (nSPS) is 16.3. The van der Waals surface area contributed by atoms with E-state index < -0.39 is 0 Å². The number of tetrazole rings is 1. The van der Waals surface area contributed by atoms with Gasteiger partial charge in [0.05, 0.1) is 5.69 Å². The molecule has 1 aliphatic heterocycles. The number of aromatic nitrogens is 4. The Hall–Kier alpha value is -3.13. The molecule has 5 rings (SSSR count). The summed E-state index contributed by atoms with van der Waals surface area (Å²) in [5.41, 5.74) is 4.67. The molecule has 34 heavy (non-hydrogen) atoms. The number of thiophene rings is 1. The zero-order valence-electron chi connectivity index (χ0n) is 19.7. The molecule has 1 saturated heterocycles. The molecule has 0 radical (unpaired) electrons. The van der Waals surface area contributed by atoms with Crippen LogP contribution in [0.1, 0.15) is 33.4 Å². The monoisotopic (exact) mass is 470 g/mol. The van der Waals surface area contributed by atoms with Crippen LogP contribution < -0.4 is 0 Å². The van der Waals surface area contributed by atoms with Gasteiger partial charge in [0, 0.05) is 37.6 Å². The van der Waals surface area contributed by atoms with Gasteiger partial charge < -0.3 is 0 Å². The van der Waals surface area contributed by atoms with Crippen molar-refractivity contribution < 1.29 is 0 Å². The zero-order chi connectivity index (χ0) is 23.3. The van der Waals surface area contributed by atoms with Crippen LogP contribution in [0.15, 0.2) is 72.1 Å². The summed E-state index contributed by atoms with van der Waals surface area (Å²) in [4.78, 5) is 6.31. The van der Waals surface area contributed by atoms with Crippen molar-refractivity contribution in [3.63, 3.8) is 0 Å². The molecule has 1 fully saturated rings. The molecule has 0 aliphatic carbocycles. The summed E-state index contributed by atoms with van der Waals surface area (Å²) in [7, 11) is 0. The van der Waals surface area contributed by atoms with Gasteiger partial charge in [0.25, 0.3) is 0 Å². The molecule has 6 nitrogen and oxygen atoms in total. The first kappa shape index (κ1) is 22.7. The van der Waals surface area contributed by atoms with Gasteiger partial charge in [-0.3, -0.25) is 9.80 Å². The lowest BCUT2D eigenvalue weighted by Gasteiger charge is -2.38. The molecule has 174 valence electrons. The average molecular weight is 471 g/mol. The molecule has 4 aromatic rings. The van der Waals surface area contributed by atoms with E-state index in [1.54, 1.807) is 11.3 Å². The van der Waals surface area contributed by atoms with Crippen LogP contribution in [-0.4, -0.2) is 62.7 Å². The molecule has 7 heteroatoms. The lowest BCUT2D eigenvalue weighted by Crippen LogP contribution is -2.48. The Kier molecular flexibility index (Phi) is 6.94. The van der Waals surface area contributed by atoms with Crippen LogP contribution in [-0.2, 0) is 0 Å². The smallest absolute Gasteiger partial charge is 0.179 e. The van der Waals surface area contributed by atoms with Crippen molar-refractivity contribution in [2.75, 3.05) is 32.7 Å². The second-order valence-electron chi connectivity index (χ2n) is 8.76. The molecule has 0 saturated carbocycles. The van der Waals surface area contributed by atoms with Crippen molar-refractivity contribution in [1.29, 1.82) is 0 Å². The van der Waals surface area contributed by atoms with Crippen LogP contribution in [0.5, 0.6) is 0 Å². The van der Waals surface area contributed by atoms with Gasteiger partial charge >= 0.3 is 0 Å². The highest BCUT2D eigenvalue weighted by Crippen LogP contribution is 2.33. The van der Waals surface area contributed by atoms with Crippen LogP contribution in [0.3, 0.4) is 0 Å². The fourth-order valence-corrected chi connectivity index (χ4v) is 5.54. The van der Waals surface area contributed by atoms with E-state index in [-0.39, 0.29) is 6.04 Å². The SMILES string of the molecule is Cc1cccc(C)c1-n1nnnc1[C@H](c1cccs1)N1CCN(CC=Cc2ccccc2)CC1. The maximum absolute atomic E-state index is 4.55. The number of aryl methyl sites for hydroxylation is 2. The highest BCUT2D eigenvalue weighted by molar-refractivity contribution is 7.10. The predicted molar refractivity (Wildman–Crippen MR) is 138 cm³/mol. The van der Waals surface area contributed by atoms with E-state index in [9.17, 15) is 0 Å². The number of para-hydroxylation sites is 1. The molecule has 0 unspecified atom stereocenters. The van der Waals surface area contributed by atoms with Crippen molar-refractivity contribution in [3.05, 3.63) is 99.5 Å². The van der Waals surface area contributed by atoms with Gasteiger partial charge in [-0.2, -0.15) is 4.68 Å². The molecule has 3 heterocycles. The number of rotatable bonds is 7. The van der Waals surface area contributed by atoms with Gasteiger partial charge in [-0.1, -0.05) is 66.7 Å². The lowest BCUT2D eigenvalue weighted by molar-refractivity contribution is 0.115. The molecule has 0 amide bonds. The van der Waals surface area contributed by atoms with Gasteiger partial charge in [-0.25, -0.2) is 0 Å². The van der Waals surface area contributed by atoms with Crippen LogP contribution in [0.2, 0.25) is 0 Å². The fraction of sp³-hybridized carbons (Fsp3) is 0.296. The van der Waals surface area contributed by atoms with E-state index >= 15 is 0 Å². The molecule has 0 spiro atoms. The summed E-state index contributed by atoms with van der Waals surface area (Å²) in [5, 5.41) is 15.2. The first-order chi connectivity index (χ1) is 16.7. The summed E-state index contributed by atoms with van der Waals surface area (Å²) < 4.78 is 1.95. The summed E-state index contributed by atoms with van der Waals surface area (Å²) >= 11 is 1.77. The number of hydrogen-bond acceptors (Lipinski definition) is 6. The number of piperazine rings is 1. The standard InChI is InChI=1S/C27H30N6S/c1-21-9-6-10-22(2)25(21)33-27(28-29-30-33)26(24-14-8-20-34-24)32-18-16-31(17-19-32)15-7-13-23-11-4-3-5-12-23/h3-14,20,26H,15-19H2,1-2H3/t26-/m0/s1. The van der Waals surface area contributed by atoms with Gasteiger partial charge in [-0.15, -0.1) is 16.4 Å². The third-order valence-electron chi connectivity index (χ3n) is 6.45. The van der Waals surface area contributed by atoms with Crippen LogP contribution in [0.4, 0.5) is 0 Å². The van der Waals surface area contributed by atoms with Crippen LogP contribution >= 0.6 is 11.3 Å². The average Bonchev–Trinajstić information content (AvgIpc) is 3.55. The highest BCUT2D eigenvalue weighted by atomic mass is 32.1. The largest absolute Gasteiger partial charge is 0.297 e. The lowest BCUT2D eigenvalue weighted by atomic mass is 10.1. The molecular weight excluding hydrogens is 440 g/mol. The fourth-order valence-electron chi connectivity index (χ4n) is 4.69. The Morgan fingerprint density at radius 2 is 1.68 bits per heavy atom. The molecule has 2 aromatic heterocycles. The Bertz CT molecular complexity index is 1200. The molecule has 1 aliphatic rings. The maximum Gasteiger partial charge on any atom is 0.179 e. The molecule has 0 bridgehead atoms. The van der Waals surface area contributed by atoms with E-state index in [0.717, 1.165) is 44.2 Å². The zero-order valence-corrected chi connectivity index (χ0v) is 20.5. The quantitative estimate of drug-likeness (QED) is 0.390. The first-order valence-corrected chi connectivity index (χ1v) is 12.6. The summed E-state index contributed by atoms with van der Waals surface area (Å²) in [6.07, 6.45) is 4.47. The predicted octanol–water partition coefficient (Wildman–Crippen LogP) is 4.76. The second-order valence-corrected chi connectivity index (χ2v) is 9.74. The first-order valence-electron chi connectivity index (χ1n) is 11.8. The van der Waals surface area contributed by atoms with Crippen LogP contribution in [0.25, 0.3) is 11.8 Å². The summed E-state index contributed by atoms with van der Waals surface area (Å²) in [6, 6.07) is 21.2. The van der Waals surface area contributed by atoms with E-state index in [4.69, 9.17) is 0 Å². The van der Waals surface area contributed by atoms with E-state index in [1.165, 1.54) is 21.6 Å². The topological polar surface area (TPSA) is 50.1 Å². The van der Waals surface area contributed by atoms with E-state index in [2.05, 4.69) is 117 Å².